The van der Waals surface area contributed by atoms with Gasteiger partial charge in [0.15, 0.2) is 10.8 Å². The lowest BCUT2D eigenvalue weighted by Crippen LogP contribution is -2.03. The largest absolute Gasteiger partial charge is 0.370 e. The minimum atomic E-state index is 0.403. The highest BCUT2D eigenvalue weighted by Crippen LogP contribution is 2.30. The highest BCUT2D eigenvalue weighted by Gasteiger charge is 2.36. The number of halogens is 1. The van der Waals surface area contributed by atoms with E-state index in [-0.39, 0.29) is 0 Å². The summed E-state index contributed by atoms with van der Waals surface area (Å²) in [7, 11) is 0. The summed E-state index contributed by atoms with van der Waals surface area (Å²) in [5, 5.41) is 0.408. The fourth-order valence-electron chi connectivity index (χ4n) is 2.25. The molecule has 0 amide bonds. The Morgan fingerprint density at radius 3 is 2.94 bits per heavy atom. The summed E-state index contributed by atoms with van der Waals surface area (Å²) in [4.78, 5) is 12.4. The number of epoxide rings is 1. The maximum Gasteiger partial charge on any atom is 0.164 e. The van der Waals surface area contributed by atoms with Gasteiger partial charge in [0.05, 0.1) is 18.5 Å². The van der Waals surface area contributed by atoms with Crippen LogP contribution in [0.4, 0.5) is 0 Å². The van der Waals surface area contributed by atoms with Crippen molar-refractivity contribution >= 4 is 22.8 Å². The van der Waals surface area contributed by atoms with Crippen LogP contribution < -0.4 is 0 Å². The molecule has 0 radical (unpaired) electrons. The average molecular weight is 267 g/mol. The molecule has 0 saturated carbocycles. The van der Waals surface area contributed by atoms with Gasteiger partial charge >= 0.3 is 0 Å². The van der Waals surface area contributed by atoms with Crippen LogP contribution in [0.3, 0.4) is 0 Å². The second-order valence-electron chi connectivity index (χ2n) is 4.56. The summed E-state index contributed by atoms with van der Waals surface area (Å²) in [6, 6.07) is 0. The number of ether oxygens (including phenoxy) is 1. The Balaban J connectivity index is 1.67. The van der Waals surface area contributed by atoms with E-state index in [9.17, 15) is 0 Å². The molecule has 96 valence electrons. The zero-order chi connectivity index (χ0) is 12.5. The summed E-state index contributed by atoms with van der Waals surface area (Å²) >= 11 is 5.96. The van der Waals surface area contributed by atoms with Gasteiger partial charge in [-0.05, 0) is 12.8 Å². The molecule has 5 nitrogen and oxygen atoms in total. The van der Waals surface area contributed by atoms with Crippen molar-refractivity contribution in [3.8, 4) is 0 Å². The van der Waals surface area contributed by atoms with Gasteiger partial charge in [-0.3, -0.25) is 0 Å². The molecule has 2 aromatic heterocycles. The first kappa shape index (κ1) is 11.9. The summed E-state index contributed by atoms with van der Waals surface area (Å²) < 4.78 is 7.61. The van der Waals surface area contributed by atoms with E-state index in [4.69, 9.17) is 16.3 Å². The van der Waals surface area contributed by atoms with E-state index in [0.717, 1.165) is 25.0 Å². The fraction of sp³-hybridized carbons (Fsp3) is 0.583. The van der Waals surface area contributed by atoms with Crippen LogP contribution in [0.2, 0.25) is 5.15 Å². The lowest BCUT2D eigenvalue weighted by Gasteiger charge is -2.01. The van der Waals surface area contributed by atoms with Crippen LogP contribution in [0.15, 0.2) is 12.7 Å². The molecule has 0 aliphatic carbocycles. The topological polar surface area (TPSA) is 56.1 Å². The number of fused-ring (bicyclic) bond motifs is 1. The van der Waals surface area contributed by atoms with Gasteiger partial charge in [-0.15, -0.1) is 0 Å². The Labute approximate surface area is 110 Å². The van der Waals surface area contributed by atoms with Crippen molar-refractivity contribution in [1.29, 1.82) is 0 Å². The highest BCUT2D eigenvalue weighted by atomic mass is 35.5. The maximum absolute atomic E-state index is 5.96. The predicted molar refractivity (Wildman–Crippen MR) is 68.5 cm³/mol. The van der Waals surface area contributed by atoms with Gasteiger partial charge in [-0.2, -0.15) is 0 Å². The molecule has 2 unspecified atom stereocenters. The van der Waals surface area contributed by atoms with Gasteiger partial charge in [0.2, 0.25) is 0 Å². The molecule has 3 heterocycles. The summed E-state index contributed by atoms with van der Waals surface area (Å²) in [5.41, 5.74) is 1.46. The first-order chi connectivity index (χ1) is 8.79. The van der Waals surface area contributed by atoms with E-state index in [2.05, 4.69) is 21.9 Å². The molecule has 1 fully saturated rings. The maximum atomic E-state index is 5.96. The number of hydrogen-bond acceptors (Lipinski definition) is 4. The van der Waals surface area contributed by atoms with E-state index in [1.54, 1.807) is 6.33 Å². The molecule has 2 atom stereocenters. The van der Waals surface area contributed by atoms with Crippen molar-refractivity contribution in [3.05, 3.63) is 17.8 Å². The van der Waals surface area contributed by atoms with Crippen LogP contribution in [0.5, 0.6) is 0 Å². The Bertz CT molecular complexity index is 556. The second kappa shape index (κ2) is 4.82. The van der Waals surface area contributed by atoms with Crippen LogP contribution in [-0.2, 0) is 11.3 Å². The van der Waals surface area contributed by atoms with Crippen molar-refractivity contribution < 1.29 is 4.74 Å². The number of aromatic nitrogens is 4. The fourth-order valence-corrected chi connectivity index (χ4v) is 2.43. The molecule has 1 aliphatic heterocycles. The van der Waals surface area contributed by atoms with Crippen LogP contribution in [0.25, 0.3) is 11.2 Å². The monoisotopic (exact) mass is 266 g/mol. The molecular weight excluding hydrogens is 252 g/mol. The van der Waals surface area contributed by atoms with Crippen molar-refractivity contribution in [2.75, 3.05) is 0 Å². The van der Waals surface area contributed by atoms with Gasteiger partial charge in [-0.25, -0.2) is 15.0 Å². The molecule has 0 bridgehead atoms. The van der Waals surface area contributed by atoms with Crippen LogP contribution in [-0.4, -0.2) is 31.7 Å². The van der Waals surface area contributed by atoms with Gasteiger partial charge in [0, 0.05) is 6.54 Å². The van der Waals surface area contributed by atoms with Crippen LogP contribution in [0.1, 0.15) is 26.2 Å². The molecule has 1 saturated heterocycles. The van der Waals surface area contributed by atoms with E-state index >= 15 is 0 Å². The predicted octanol–water partition coefficient (Wildman–Crippen LogP) is 2.44. The van der Waals surface area contributed by atoms with E-state index in [1.807, 2.05) is 4.57 Å². The van der Waals surface area contributed by atoms with Crippen molar-refractivity contribution in [2.45, 2.75) is 44.9 Å². The lowest BCUT2D eigenvalue weighted by atomic mass is 10.1. The molecule has 1 aliphatic rings. The second-order valence-corrected chi connectivity index (χ2v) is 4.92. The summed E-state index contributed by atoms with van der Waals surface area (Å²) in [6.07, 6.45) is 7.43. The number of rotatable bonds is 5. The molecule has 6 heteroatoms. The highest BCUT2D eigenvalue weighted by molar-refractivity contribution is 6.33. The third-order valence-corrected chi connectivity index (χ3v) is 3.55. The molecule has 18 heavy (non-hydrogen) atoms. The third-order valence-electron chi connectivity index (χ3n) is 3.27. The normalized spacial score (nSPS) is 22.6. The molecule has 0 spiro atoms. The number of nitrogens with zero attached hydrogens (tertiary/aromatic N) is 4. The van der Waals surface area contributed by atoms with Crippen LogP contribution >= 0.6 is 11.6 Å². The average Bonchev–Trinajstić information content (AvgIpc) is 2.97. The number of aryl methyl sites for hydroxylation is 1. The Hall–Kier alpha value is -1.20. The van der Waals surface area contributed by atoms with Crippen molar-refractivity contribution in [3.63, 3.8) is 0 Å². The summed E-state index contributed by atoms with van der Waals surface area (Å²) in [5.74, 6) is 0. The van der Waals surface area contributed by atoms with Gasteiger partial charge in [0.1, 0.15) is 11.8 Å². The van der Waals surface area contributed by atoms with E-state index in [0.29, 0.717) is 22.9 Å². The van der Waals surface area contributed by atoms with Crippen molar-refractivity contribution in [2.24, 2.45) is 0 Å². The Morgan fingerprint density at radius 2 is 2.11 bits per heavy atom. The zero-order valence-electron chi connectivity index (χ0n) is 10.2. The van der Waals surface area contributed by atoms with Gasteiger partial charge in [-0.1, -0.05) is 24.9 Å². The van der Waals surface area contributed by atoms with E-state index in [1.165, 1.54) is 12.7 Å². The van der Waals surface area contributed by atoms with Gasteiger partial charge < -0.3 is 9.30 Å². The Kier molecular flexibility index (Phi) is 3.18. The Morgan fingerprint density at radius 1 is 1.28 bits per heavy atom. The minimum Gasteiger partial charge on any atom is -0.370 e. The molecule has 0 N–H and O–H groups in total. The standard InChI is InChI=1S/C12H15ClN4O/c1-2-3-8-9(18-8)4-5-17-7-16-10-11(13)14-6-15-12(10)17/h6-9H,2-5H2,1H3. The number of hydrogen-bond donors (Lipinski definition) is 0. The lowest BCUT2D eigenvalue weighted by molar-refractivity contribution is 0.349. The first-order valence-electron chi connectivity index (χ1n) is 6.26. The quantitative estimate of drug-likeness (QED) is 0.616. The molecule has 0 aromatic carbocycles. The SMILES string of the molecule is CCCC1OC1CCn1cnc2c(Cl)ncnc21. The van der Waals surface area contributed by atoms with Crippen LogP contribution in [0, 0.1) is 0 Å². The third kappa shape index (κ3) is 2.20. The summed E-state index contributed by atoms with van der Waals surface area (Å²) in [6.45, 7) is 3.04. The molecule has 2 aromatic rings. The molecule has 3 rings (SSSR count). The smallest absolute Gasteiger partial charge is 0.164 e. The zero-order valence-corrected chi connectivity index (χ0v) is 11.0. The first-order valence-corrected chi connectivity index (χ1v) is 6.64. The van der Waals surface area contributed by atoms with Crippen molar-refractivity contribution in [1.82, 2.24) is 19.5 Å². The van der Waals surface area contributed by atoms with Gasteiger partial charge in [0.25, 0.3) is 0 Å². The number of imidazole rings is 1. The minimum absolute atomic E-state index is 0.403. The molecular formula is C12H15ClN4O. The van der Waals surface area contributed by atoms with E-state index < -0.39 is 0 Å².